The number of hydrogen-bond donors (Lipinski definition) is 1. The second kappa shape index (κ2) is 0.587. The quantitative estimate of drug-likeness (QED) is 0.415. The van der Waals surface area contributed by atoms with Crippen LogP contribution in [0, 0.1) is 5.16 Å². The van der Waals surface area contributed by atoms with Crippen molar-refractivity contribution in [2.75, 3.05) is 12.3 Å². The van der Waals surface area contributed by atoms with Crippen LogP contribution in [0.5, 0.6) is 0 Å². The van der Waals surface area contributed by atoms with Gasteiger partial charge in [0.15, 0.2) is 0 Å². The van der Waals surface area contributed by atoms with Crippen LogP contribution < -0.4 is 0 Å². The first kappa shape index (κ1) is 2.47. The smallest absolute Gasteiger partial charge is 0.0153 e. The Bertz CT molecular complexity index is 44.0. The van der Waals surface area contributed by atoms with Gasteiger partial charge in [0.25, 0.3) is 0 Å². The highest BCUT2D eigenvalue weighted by Gasteiger charge is 2.05. The van der Waals surface area contributed by atoms with Crippen LogP contribution in [0.2, 0.25) is 0 Å². The molecule has 1 rings (SSSR count). The zero-order chi connectivity index (χ0) is 2.99. The first-order valence-electron chi connectivity index (χ1n) is 1.46. The fourth-order valence-corrected chi connectivity index (χ4v) is 0.562. The third kappa shape index (κ3) is 0.323. The van der Waals surface area contributed by atoms with E-state index in [0.717, 1.165) is 0 Å². The average Bonchev–Trinajstić information content (AvgIpc) is 1.75. The van der Waals surface area contributed by atoms with E-state index in [9.17, 15) is 0 Å². The Kier molecular flexibility index (Phi) is 0.362. The van der Waals surface area contributed by atoms with Crippen molar-refractivity contribution >= 4 is 7.71 Å². The molecule has 1 saturated heterocycles. The SMILES string of the molecule is N=[PH]1CC1. The minimum Gasteiger partial charge on any atom is -0.322 e. The van der Waals surface area contributed by atoms with E-state index >= 15 is 0 Å². The summed E-state index contributed by atoms with van der Waals surface area (Å²) in [7, 11) is -0.380. The normalized spacial score (nSPS) is 26.0. The summed E-state index contributed by atoms with van der Waals surface area (Å²) in [6.07, 6.45) is 2.51. The predicted molar refractivity (Wildman–Crippen MR) is 20.8 cm³/mol. The third-order valence-corrected chi connectivity index (χ3v) is 1.50. The molecule has 1 aliphatic rings. The molecule has 0 aromatic carbocycles. The molecular formula is C2H6NP. The van der Waals surface area contributed by atoms with Gasteiger partial charge in [0, 0.05) is 0 Å². The molecule has 1 nitrogen and oxygen atoms in total. The summed E-state index contributed by atoms with van der Waals surface area (Å²) in [5, 5.41) is 6.80. The zero-order valence-corrected chi connectivity index (χ0v) is 3.41. The Balaban J connectivity index is 2.60. The standard InChI is InChI=1S/C2H6NP/c3-4-1-2-4/h3-4H,1-2H2. The van der Waals surface area contributed by atoms with E-state index in [1.807, 2.05) is 0 Å². The summed E-state index contributed by atoms with van der Waals surface area (Å²) in [5.41, 5.74) is 0. The molecule has 0 atom stereocenters. The van der Waals surface area contributed by atoms with E-state index in [1.165, 1.54) is 12.3 Å². The lowest BCUT2D eigenvalue weighted by Crippen LogP contribution is -1.20. The van der Waals surface area contributed by atoms with Crippen molar-refractivity contribution in [1.29, 1.82) is 5.16 Å². The van der Waals surface area contributed by atoms with Crippen molar-refractivity contribution in [1.82, 2.24) is 0 Å². The lowest BCUT2D eigenvalue weighted by atomic mass is 11.0. The summed E-state index contributed by atoms with van der Waals surface area (Å²) in [4.78, 5) is 0. The van der Waals surface area contributed by atoms with Crippen LogP contribution in [0.1, 0.15) is 0 Å². The number of hydrogen-bond acceptors (Lipinski definition) is 1. The van der Waals surface area contributed by atoms with Gasteiger partial charge in [-0.3, -0.25) is 0 Å². The summed E-state index contributed by atoms with van der Waals surface area (Å²) in [5.74, 6) is 0. The van der Waals surface area contributed by atoms with Gasteiger partial charge >= 0.3 is 0 Å². The highest BCUT2D eigenvalue weighted by Crippen LogP contribution is 2.36. The van der Waals surface area contributed by atoms with Gasteiger partial charge in [-0.05, 0) is 20.0 Å². The molecule has 0 saturated carbocycles. The monoisotopic (exact) mass is 75.0 g/mol. The van der Waals surface area contributed by atoms with Crippen LogP contribution in [0.3, 0.4) is 0 Å². The molecule has 24 valence electrons. The van der Waals surface area contributed by atoms with Gasteiger partial charge in [-0.2, -0.15) is 0 Å². The van der Waals surface area contributed by atoms with E-state index in [0.29, 0.717) is 0 Å². The van der Waals surface area contributed by atoms with Gasteiger partial charge in [0.05, 0.1) is 0 Å². The van der Waals surface area contributed by atoms with Crippen molar-refractivity contribution in [2.24, 2.45) is 0 Å². The Labute approximate surface area is 26.3 Å². The van der Waals surface area contributed by atoms with E-state index in [2.05, 4.69) is 0 Å². The maximum Gasteiger partial charge on any atom is -0.0153 e. The van der Waals surface area contributed by atoms with Crippen LogP contribution in [0.15, 0.2) is 0 Å². The fraction of sp³-hybridized carbons (Fsp3) is 1.00. The van der Waals surface area contributed by atoms with Gasteiger partial charge in [0.1, 0.15) is 0 Å². The van der Waals surface area contributed by atoms with Gasteiger partial charge < -0.3 is 5.16 Å². The maximum absolute atomic E-state index is 6.80. The highest BCUT2D eigenvalue weighted by atomic mass is 31.1. The Hall–Kier alpha value is 0.230. The third-order valence-electron chi connectivity index (χ3n) is 0.500. The first-order valence-corrected chi connectivity index (χ1v) is 3.37. The largest absolute Gasteiger partial charge is 0.322 e. The topological polar surface area (TPSA) is 23.9 Å². The lowest BCUT2D eigenvalue weighted by Gasteiger charge is -1.37. The summed E-state index contributed by atoms with van der Waals surface area (Å²) >= 11 is 0. The number of nitrogens with one attached hydrogen (secondary N) is 1. The predicted octanol–water partition coefficient (Wildman–Crippen LogP) is 0.977. The molecule has 0 unspecified atom stereocenters. The van der Waals surface area contributed by atoms with E-state index in [-0.39, 0.29) is 7.71 Å². The van der Waals surface area contributed by atoms with Crippen molar-refractivity contribution in [3.05, 3.63) is 0 Å². The van der Waals surface area contributed by atoms with Crippen LogP contribution in [-0.4, -0.2) is 12.3 Å². The molecule has 0 bridgehead atoms. The molecule has 1 aliphatic heterocycles. The second-order valence-electron chi connectivity index (χ2n) is 1.10. The van der Waals surface area contributed by atoms with Crippen molar-refractivity contribution in [3.8, 4) is 0 Å². The molecule has 0 amide bonds. The molecule has 0 aromatic heterocycles. The molecule has 1 heterocycles. The molecule has 4 heavy (non-hydrogen) atoms. The summed E-state index contributed by atoms with van der Waals surface area (Å²) < 4.78 is 0. The van der Waals surface area contributed by atoms with E-state index in [4.69, 9.17) is 5.16 Å². The van der Waals surface area contributed by atoms with Gasteiger partial charge in [0.2, 0.25) is 0 Å². The van der Waals surface area contributed by atoms with Gasteiger partial charge in [-0.15, -0.1) is 0 Å². The Morgan fingerprint density at radius 2 is 1.75 bits per heavy atom. The minimum atomic E-state index is -0.380. The van der Waals surface area contributed by atoms with Crippen molar-refractivity contribution in [3.63, 3.8) is 0 Å². The lowest BCUT2D eigenvalue weighted by molar-refractivity contribution is 1.64. The minimum absolute atomic E-state index is 0.380. The molecule has 1 N–H and O–H groups in total. The van der Waals surface area contributed by atoms with Crippen molar-refractivity contribution in [2.45, 2.75) is 0 Å². The van der Waals surface area contributed by atoms with Gasteiger partial charge in [-0.25, -0.2) is 0 Å². The molecule has 2 heteroatoms. The van der Waals surface area contributed by atoms with Crippen LogP contribution >= 0.6 is 7.71 Å². The average molecular weight is 75.1 g/mol. The maximum atomic E-state index is 6.80. The Morgan fingerprint density at radius 3 is 1.75 bits per heavy atom. The van der Waals surface area contributed by atoms with Crippen molar-refractivity contribution < 1.29 is 0 Å². The Morgan fingerprint density at radius 1 is 1.50 bits per heavy atom. The van der Waals surface area contributed by atoms with Gasteiger partial charge in [-0.1, -0.05) is 0 Å². The zero-order valence-electron chi connectivity index (χ0n) is 2.41. The van der Waals surface area contributed by atoms with E-state index < -0.39 is 0 Å². The molecule has 0 aliphatic carbocycles. The fourth-order valence-electron chi connectivity index (χ4n) is 0.0625. The molecule has 1 fully saturated rings. The summed E-state index contributed by atoms with van der Waals surface area (Å²) in [6, 6.07) is 0. The summed E-state index contributed by atoms with van der Waals surface area (Å²) in [6.45, 7) is 0. The van der Waals surface area contributed by atoms with Crippen LogP contribution in [-0.2, 0) is 0 Å². The molecular weight excluding hydrogens is 69.0 g/mol. The van der Waals surface area contributed by atoms with E-state index in [1.54, 1.807) is 0 Å². The van der Waals surface area contributed by atoms with Crippen LogP contribution in [0.25, 0.3) is 0 Å². The van der Waals surface area contributed by atoms with Crippen LogP contribution in [0.4, 0.5) is 0 Å². The highest BCUT2D eigenvalue weighted by molar-refractivity contribution is 7.54. The molecule has 0 aromatic rings. The first-order chi connectivity index (χ1) is 1.89. The second-order valence-corrected chi connectivity index (χ2v) is 3.31. The molecule has 0 radical (unpaired) electrons. The number of rotatable bonds is 0. The molecule has 0 spiro atoms.